The van der Waals surface area contributed by atoms with Crippen LogP contribution in [0.4, 0.5) is 0 Å². The van der Waals surface area contributed by atoms with E-state index < -0.39 is 0 Å². The first-order valence-corrected chi connectivity index (χ1v) is 19.6. The van der Waals surface area contributed by atoms with Crippen molar-refractivity contribution in [3.63, 3.8) is 0 Å². The molecule has 0 atom stereocenters. The molecule has 3 aromatic heterocycles. The Balaban J connectivity index is 1.21. The summed E-state index contributed by atoms with van der Waals surface area (Å²) >= 11 is 0. The first-order chi connectivity index (χ1) is 28.3. The zero-order chi connectivity index (χ0) is 37.5. The molecular weight excluding hydrogens is 691 g/mol. The Bertz CT molecular complexity index is 3400. The normalized spacial score (nSPS) is 11.9. The zero-order valence-corrected chi connectivity index (χ0v) is 31.0. The third kappa shape index (κ3) is 4.66. The van der Waals surface area contributed by atoms with E-state index in [1.165, 1.54) is 87.8 Å². The monoisotopic (exact) mass is 725 g/mol. The van der Waals surface area contributed by atoms with Crippen LogP contribution >= 0.6 is 0 Å². The molecule has 0 saturated carbocycles. The van der Waals surface area contributed by atoms with Crippen LogP contribution < -0.4 is 0 Å². The van der Waals surface area contributed by atoms with Gasteiger partial charge >= 0.3 is 0 Å². The molecular formula is C54H35N3. The molecule has 0 aliphatic heterocycles. The van der Waals surface area contributed by atoms with Gasteiger partial charge in [0.2, 0.25) is 0 Å². The lowest BCUT2D eigenvalue weighted by Crippen LogP contribution is -2.02. The minimum atomic E-state index is 1.12. The number of para-hydroxylation sites is 6. The predicted molar refractivity (Wildman–Crippen MR) is 240 cm³/mol. The van der Waals surface area contributed by atoms with Gasteiger partial charge in [0.05, 0.1) is 44.5 Å². The first-order valence-electron chi connectivity index (χ1n) is 19.6. The number of fused-ring (bicyclic) bond motifs is 9. The molecule has 0 aliphatic rings. The van der Waals surface area contributed by atoms with Gasteiger partial charge in [-0.25, -0.2) is 0 Å². The summed E-state index contributed by atoms with van der Waals surface area (Å²) in [4.78, 5) is 0. The third-order valence-electron chi connectivity index (χ3n) is 11.8. The van der Waals surface area contributed by atoms with E-state index in [1.54, 1.807) is 0 Å². The van der Waals surface area contributed by atoms with Crippen LogP contribution in [0.15, 0.2) is 212 Å². The summed E-state index contributed by atoms with van der Waals surface area (Å²) in [6.45, 7) is 0. The molecule has 0 radical (unpaired) electrons. The molecule has 266 valence electrons. The Hall–Kier alpha value is -7.62. The lowest BCUT2D eigenvalue weighted by Gasteiger charge is -2.19. The molecule has 12 aromatic rings. The van der Waals surface area contributed by atoms with Gasteiger partial charge in [-0.15, -0.1) is 0 Å². The van der Waals surface area contributed by atoms with Crippen molar-refractivity contribution in [1.82, 2.24) is 13.7 Å². The standard InChI is InChI=1S/C54H35N3/c1-3-17-36(18-4-1)39-25-15-26-40(37-19-5-2-6-20-37)53(39)57-50-31-14-9-23-43(50)45-34-33-38(35-52(45)57)55-47-28-11-10-24-44(47)46-27-16-32-51(54(46)55)56-48-29-12-7-21-41(48)42-22-8-13-30-49(42)56/h1-35H. The second-order valence-corrected chi connectivity index (χ2v) is 14.9. The van der Waals surface area contributed by atoms with Crippen molar-refractivity contribution in [2.24, 2.45) is 0 Å². The number of benzene rings is 9. The number of nitrogens with zero attached hydrogens (tertiary/aromatic N) is 3. The molecule has 3 heteroatoms. The van der Waals surface area contributed by atoms with Gasteiger partial charge < -0.3 is 13.7 Å². The highest BCUT2D eigenvalue weighted by atomic mass is 15.1. The molecule has 0 unspecified atom stereocenters. The Morgan fingerprint density at radius 2 is 0.684 bits per heavy atom. The van der Waals surface area contributed by atoms with Crippen LogP contribution in [0.25, 0.3) is 105 Å². The summed E-state index contributed by atoms with van der Waals surface area (Å²) in [5, 5.41) is 7.42. The van der Waals surface area contributed by atoms with Gasteiger partial charge in [0, 0.05) is 49.1 Å². The summed E-state index contributed by atoms with van der Waals surface area (Å²) in [6.07, 6.45) is 0. The molecule has 0 N–H and O–H groups in total. The molecule has 0 fully saturated rings. The van der Waals surface area contributed by atoms with Gasteiger partial charge in [-0.1, -0.05) is 170 Å². The second kappa shape index (κ2) is 12.5. The fourth-order valence-corrected chi connectivity index (χ4v) is 9.46. The number of aromatic nitrogens is 3. The van der Waals surface area contributed by atoms with E-state index in [4.69, 9.17) is 0 Å². The van der Waals surface area contributed by atoms with E-state index in [0.29, 0.717) is 0 Å². The average Bonchev–Trinajstić information content (AvgIpc) is 3.92. The second-order valence-electron chi connectivity index (χ2n) is 14.9. The highest BCUT2D eigenvalue weighted by Crippen LogP contribution is 2.44. The van der Waals surface area contributed by atoms with Crippen LogP contribution in [0.2, 0.25) is 0 Å². The van der Waals surface area contributed by atoms with Gasteiger partial charge in [-0.2, -0.15) is 0 Å². The summed E-state index contributed by atoms with van der Waals surface area (Å²) in [5.41, 5.74) is 15.3. The van der Waals surface area contributed by atoms with Gasteiger partial charge in [0.15, 0.2) is 0 Å². The number of hydrogen-bond acceptors (Lipinski definition) is 0. The number of rotatable bonds is 5. The maximum absolute atomic E-state index is 2.51. The molecule has 0 amide bonds. The minimum absolute atomic E-state index is 1.12. The third-order valence-corrected chi connectivity index (χ3v) is 11.8. The summed E-state index contributed by atoms with van der Waals surface area (Å²) in [5.74, 6) is 0. The summed E-state index contributed by atoms with van der Waals surface area (Å²) in [6, 6.07) is 77.5. The molecule has 3 nitrogen and oxygen atoms in total. The molecule has 12 rings (SSSR count). The van der Waals surface area contributed by atoms with Crippen molar-refractivity contribution >= 4 is 65.4 Å². The highest BCUT2D eigenvalue weighted by molar-refractivity contribution is 6.16. The molecule has 0 aliphatic carbocycles. The first kappa shape index (κ1) is 31.7. The van der Waals surface area contributed by atoms with Crippen LogP contribution in [0.3, 0.4) is 0 Å². The lowest BCUT2D eigenvalue weighted by molar-refractivity contribution is 1.13. The molecule has 0 spiro atoms. The molecule has 3 heterocycles. The fraction of sp³-hybridized carbons (Fsp3) is 0. The fourth-order valence-electron chi connectivity index (χ4n) is 9.46. The van der Waals surface area contributed by atoms with E-state index in [1.807, 2.05) is 0 Å². The maximum Gasteiger partial charge on any atom is 0.0782 e. The SMILES string of the molecule is c1ccc(-c2cccc(-c3ccccc3)c2-n2c3ccccc3c3ccc(-n4c5ccccc5c5cccc(-n6c7ccccc7c7ccccc76)c54)cc32)cc1. The van der Waals surface area contributed by atoms with Crippen molar-refractivity contribution in [3.05, 3.63) is 212 Å². The topological polar surface area (TPSA) is 14.8 Å². The van der Waals surface area contributed by atoms with Crippen molar-refractivity contribution in [2.45, 2.75) is 0 Å². The number of hydrogen-bond donors (Lipinski definition) is 0. The minimum Gasteiger partial charge on any atom is -0.308 e. The van der Waals surface area contributed by atoms with E-state index >= 15 is 0 Å². The Morgan fingerprint density at radius 1 is 0.263 bits per heavy atom. The van der Waals surface area contributed by atoms with E-state index in [9.17, 15) is 0 Å². The Kier molecular flexibility index (Phi) is 6.93. The van der Waals surface area contributed by atoms with Crippen molar-refractivity contribution in [3.8, 4) is 39.3 Å². The summed E-state index contributed by atoms with van der Waals surface area (Å²) in [7, 11) is 0. The Morgan fingerprint density at radius 3 is 1.25 bits per heavy atom. The average molecular weight is 726 g/mol. The highest BCUT2D eigenvalue weighted by Gasteiger charge is 2.23. The van der Waals surface area contributed by atoms with Crippen LogP contribution in [-0.2, 0) is 0 Å². The van der Waals surface area contributed by atoms with Crippen LogP contribution in [-0.4, -0.2) is 13.7 Å². The lowest BCUT2D eigenvalue weighted by atomic mass is 9.95. The van der Waals surface area contributed by atoms with Gasteiger partial charge in [-0.05, 0) is 53.6 Å². The van der Waals surface area contributed by atoms with E-state index in [0.717, 1.165) is 16.9 Å². The van der Waals surface area contributed by atoms with Crippen molar-refractivity contribution in [2.75, 3.05) is 0 Å². The molecule has 0 bridgehead atoms. The molecule has 9 aromatic carbocycles. The van der Waals surface area contributed by atoms with Crippen LogP contribution in [0, 0.1) is 0 Å². The van der Waals surface area contributed by atoms with Gasteiger partial charge in [0.25, 0.3) is 0 Å². The summed E-state index contributed by atoms with van der Waals surface area (Å²) < 4.78 is 7.47. The van der Waals surface area contributed by atoms with Gasteiger partial charge in [0.1, 0.15) is 0 Å². The van der Waals surface area contributed by atoms with Crippen molar-refractivity contribution in [1.29, 1.82) is 0 Å². The zero-order valence-electron chi connectivity index (χ0n) is 31.0. The largest absolute Gasteiger partial charge is 0.308 e. The molecule has 57 heavy (non-hydrogen) atoms. The van der Waals surface area contributed by atoms with Crippen LogP contribution in [0.5, 0.6) is 0 Å². The molecule has 0 saturated heterocycles. The Labute approximate surface area is 329 Å². The van der Waals surface area contributed by atoms with Gasteiger partial charge in [-0.3, -0.25) is 0 Å². The smallest absolute Gasteiger partial charge is 0.0782 e. The van der Waals surface area contributed by atoms with E-state index in [2.05, 4.69) is 226 Å². The predicted octanol–water partition coefficient (Wildman–Crippen LogP) is 14.3. The van der Waals surface area contributed by atoms with Crippen molar-refractivity contribution < 1.29 is 0 Å². The maximum atomic E-state index is 2.51. The van der Waals surface area contributed by atoms with E-state index in [-0.39, 0.29) is 0 Å². The van der Waals surface area contributed by atoms with Crippen LogP contribution in [0.1, 0.15) is 0 Å². The quantitative estimate of drug-likeness (QED) is 0.168.